The Morgan fingerprint density at radius 2 is 2.27 bits per heavy atom. The van der Waals surface area contributed by atoms with Gasteiger partial charge in [0.25, 0.3) is 0 Å². The number of cyclic esters (lactones) is 1. The van der Waals surface area contributed by atoms with E-state index in [-0.39, 0.29) is 19.0 Å². The van der Waals surface area contributed by atoms with E-state index in [1.807, 2.05) is 6.92 Å². The van der Waals surface area contributed by atoms with Crippen molar-refractivity contribution in [3.8, 4) is 0 Å². The van der Waals surface area contributed by atoms with Gasteiger partial charge in [0.2, 0.25) is 0 Å². The summed E-state index contributed by atoms with van der Waals surface area (Å²) in [6, 6.07) is 3.31. The fraction of sp³-hybridized carbons (Fsp3) is 0.273. The third-order valence-corrected chi connectivity index (χ3v) is 2.62. The summed E-state index contributed by atoms with van der Waals surface area (Å²) in [5.41, 5.74) is 2.96. The highest BCUT2D eigenvalue weighted by Crippen LogP contribution is 2.25. The van der Waals surface area contributed by atoms with Crippen LogP contribution in [-0.4, -0.2) is 17.0 Å². The van der Waals surface area contributed by atoms with E-state index in [4.69, 9.17) is 9.84 Å². The molecule has 15 heavy (non-hydrogen) atoms. The third-order valence-electron chi connectivity index (χ3n) is 2.62. The Morgan fingerprint density at radius 3 is 2.93 bits per heavy atom. The minimum absolute atomic E-state index is 0.0205. The van der Waals surface area contributed by atoms with E-state index in [9.17, 15) is 9.59 Å². The largest absolute Gasteiger partial charge is 0.481 e. The number of carboxylic acid groups (broad SMARTS) is 1. The SMILES string of the molecule is Cc1c(CC(=O)O)ccc2c1COC2=O. The molecular weight excluding hydrogens is 196 g/mol. The molecule has 0 fully saturated rings. The Hall–Kier alpha value is -1.84. The fourth-order valence-electron chi connectivity index (χ4n) is 1.75. The van der Waals surface area contributed by atoms with Crippen molar-refractivity contribution in [1.29, 1.82) is 0 Å². The van der Waals surface area contributed by atoms with Crippen LogP contribution in [0.1, 0.15) is 27.0 Å². The lowest BCUT2D eigenvalue weighted by Crippen LogP contribution is -2.04. The van der Waals surface area contributed by atoms with Gasteiger partial charge in [0.05, 0.1) is 12.0 Å². The third kappa shape index (κ3) is 1.58. The van der Waals surface area contributed by atoms with Gasteiger partial charge in [0.15, 0.2) is 0 Å². The maximum atomic E-state index is 11.2. The number of carboxylic acids is 1. The van der Waals surface area contributed by atoms with Crippen LogP contribution < -0.4 is 0 Å². The van der Waals surface area contributed by atoms with Crippen LogP contribution in [0.15, 0.2) is 12.1 Å². The minimum atomic E-state index is -0.872. The van der Waals surface area contributed by atoms with Crippen molar-refractivity contribution in [3.05, 3.63) is 34.4 Å². The van der Waals surface area contributed by atoms with Crippen LogP contribution in [0.4, 0.5) is 0 Å². The van der Waals surface area contributed by atoms with Crippen LogP contribution in [0.2, 0.25) is 0 Å². The van der Waals surface area contributed by atoms with Crippen LogP contribution in [0, 0.1) is 6.92 Å². The number of carbonyl (C=O) groups excluding carboxylic acids is 1. The van der Waals surface area contributed by atoms with E-state index in [0.29, 0.717) is 5.56 Å². The zero-order chi connectivity index (χ0) is 11.0. The number of hydrogen-bond acceptors (Lipinski definition) is 3. The quantitative estimate of drug-likeness (QED) is 0.740. The van der Waals surface area contributed by atoms with Crippen molar-refractivity contribution in [3.63, 3.8) is 0 Å². The first kappa shape index (κ1) is 9.71. The molecule has 0 radical (unpaired) electrons. The van der Waals surface area contributed by atoms with E-state index in [2.05, 4.69) is 0 Å². The number of benzene rings is 1. The van der Waals surface area contributed by atoms with Gasteiger partial charge in [-0.3, -0.25) is 4.79 Å². The van der Waals surface area contributed by atoms with Crippen molar-refractivity contribution in [1.82, 2.24) is 0 Å². The highest BCUT2D eigenvalue weighted by atomic mass is 16.5. The summed E-state index contributed by atoms with van der Waals surface area (Å²) in [5.74, 6) is -1.20. The van der Waals surface area contributed by atoms with Gasteiger partial charge in [0, 0.05) is 5.56 Å². The highest BCUT2D eigenvalue weighted by Gasteiger charge is 2.24. The van der Waals surface area contributed by atoms with Crippen LogP contribution in [0.25, 0.3) is 0 Å². The molecule has 1 aliphatic rings. The molecule has 1 aromatic carbocycles. The predicted molar refractivity (Wildman–Crippen MR) is 51.6 cm³/mol. The average Bonchev–Trinajstić information content (AvgIpc) is 2.53. The number of fused-ring (bicyclic) bond motifs is 1. The van der Waals surface area contributed by atoms with Crippen LogP contribution in [0.3, 0.4) is 0 Å². The zero-order valence-corrected chi connectivity index (χ0v) is 8.24. The second kappa shape index (κ2) is 3.38. The molecule has 1 heterocycles. The molecule has 78 valence electrons. The Balaban J connectivity index is 2.46. The molecule has 4 nitrogen and oxygen atoms in total. The lowest BCUT2D eigenvalue weighted by Gasteiger charge is -2.06. The second-order valence-electron chi connectivity index (χ2n) is 3.52. The number of aliphatic carboxylic acids is 1. The van der Waals surface area contributed by atoms with Gasteiger partial charge in [-0.2, -0.15) is 0 Å². The van der Waals surface area contributed by atoms with Crippen LogP contribution in [-0.2, 0) is 22.6 Å². The molecule has 1 aliphatic heterocycles. The molecule has 0 unspecified atom stereocenters. The maximum absolute atomic E-state index is 11.2. The number of ether oxygens (including phenoxy) is 1. The van der Waals surface area contributed by atoms with Gasteiger partial charge < -0.3 is 9.84 Å². The van der Waals surface area contributed by atoms with Crippen molar-refractivity contribution in [2.45, 2.75) is 20.0 Å². The van der Waals surface area contributed by atoms with Gasteiger partial charge in [0.1, 0.15) is 6.61 Å². The first-order valence-electron chi connectivity index (χ1n) is 4.60. The summed E-state index contributed by atoms with van der Waals surface area (Å²) in [6.07, 6.45) is -0.0205. The zero-order valence-electron chi connectivity index (χ0n) is 8.24. The van der Waals surface area contributed by atoms with Gasteiger partial charge in [-0.15, -0.1) is 0 Å². The number of carbonyl (C=O) groups is 2. The van der Waals surface area contributed by atoms with E-state index in [1.165, 1.54) is 0 Å². The van der Waals surface area contributed by atoms with E-state index in [0.717, 1.165) is 16.7 Å². The second-order valence-corrected chi connectivity index (χ2v) is 3.52. The Bertz CT molecular complexity index is 448. The number of rotatable bonds is 2. The lowest BCUT2D eigenvalue weighted by atomic mass is 9.97. The molecule has 0 aliphatic carbocycles. The lowest BCUT2D eigenvalue weighted by molar-refractivity contribution is -0.136. The van der Waals surface area contributed by atoms with Crippen molar-refractivity contribution in [2.75, 3.05) is 0 Å². The predicted octanol–water partition coefficient (Wildman–Crippen LogP) is 1.29. The molecule has 0 spiro atoms. The molecule has 1 aromatic rings. The smallest absolute Gasteiger partial charge is 0.338 e. The number of esters is 1. The molecule has 0 aromatic heterocycles. The van der Waals surface area contributed by atoms with Gasteiger partial charge in [-0.1, -0.05) is 6.07 Å². The molecule has 0 bridgehead atoms. The van der Waals surface area contributed by atoms with E-state index in [1.54, 1.807) is 12.1 Å². The van der Waals surface area contributed by atoms with E-state index >= 15 is 0 Å². The number of hydrogen-bond donors (Lipinski definition) is 1. The topological polar surface area (TPSA) is 63.6 Å². The Morgan fingerprint density at radius 1 is 1.53 bits per heavy atom. The monoisotopic (exact) mass is 206 g/mol. The molecule has 0 atom stereocenters. The normalized spacial score (nSPS) is 13.5. The van der Waals surface area contributed by atoms with Crippen molar-refractivity contribution < 1.29 is 19.4 Å². The summed E-state index contributed by atoms with van der Waals surface area (Å²) < 4.78 is 4.88. The van der Waals surface area contributed by atoms with Crippen molar-refractivity contribution in [2.24, 2.45) is 0 Å². The molecule has 2 rings (SSSR count). The first-order valence-corrected chi connectivity index (χ1v) is 4.60. The van der Waals surface area contributed by atoms with E-state index < -0.39 is 5.97 Å². The summed E-state index contributed by atoms with van der Waals surface area (Å²) in [4.78, 5) is 21.8. The highest BCUT2D eigenvalue weighted by molar-refractivity contribution is 5.94. The van der Waals surface area contributed by atoms with Crippen LogP contribution >= 0.6 is 0 Å². The Labute approximate surface area is 86.5 Å². The maximum Gasteiger partial charge on any atom is 0.338 e. The van der Waals surface area contributed by atoms with Crippen LogP contribution in [0.5, 0.6) is 0 Å². The fourth-order valence-corrected chi connectivity index (χ4v) is 1.75. The standard InChI is InChI=1S/C11H10O4/c1-6-7(4-10(12)13)2-3-8-9(6)5-15-11(8)14/h2-3H,4-5H2,1H3,(H,12,13). The summed E-state index contributed by atoms with van der Waals surface area (Å²) >= 11 is 0. The summed E-state index contributed by atoms with van der Waals surface area (Å²) in [5, 5.41) is 8.69. The summed E-state index contributed by atoms with van der Waals surface area (Å²) in [7, 11) is 0. The minimum Gasteiger partial charge on any atom is -0.481 e. The molecule has 4 heteroatoms. The van der Waals surface area contributed by atoms with Crippen molar-refractivity contribution >= 4 is 11.9 Å². The molecule has 0 saturated carbocycles. The molecule has 1 N–H and O–H groups in total. The average molecular weight is 206 g/mol. The molecule has 0 amide bonds. The first-order chi connectivity index (χ1) is 7.09. The van der Waals surface area contributed by atoms with Gasteiger partial charge >= 0.3 is 11.9 Å². The molecular formula is C11H10O4. The summed E-state index contributed by atoms with van der Waals surface area (Å²) in [6.45, 7) is 2.08. The van der Waals surface area contributed by atoms with Gasteiger partial charge in [-0.05, 0) is 24.1 Å². The van der Waals surface area contributed by atoms with Gasteiger partial charge in [-0.25, -0.2) is 4.79 Å². The molecule has 0 saturated heterocycles. The Kier molecular flexibility index (Phi) is 2.19.